The number of primary amides is 1. The Kier molecular flexibility index (Phi) is 5.23. The summed E-state index contributed by atoms with van der Waals surface area (Å²) in [7, 11) is 2.08. The van der Waals surface area contributed by atoms with Crippen LogP contribution in [0.1, 0.15) is 27.0 Å². The molecule has 0 bridgehead atoms. The highest BCUT2D eigenvalue weighted by molar-refractivity contribution is 5.95. The Balaban J connectivity index is 1.57. The number of aryl methyl sites for hydroxylation is 1. The zero-order valence-electron chi connectivity index (χ0n) is 15.1. The molecule has 2 aromatic rings. The number of nitrogens with zero attached hydrogens (tertiary/aromatic N) is 1. The molecule has 26 heavy (non-hydrogen) atoms. The van der Waals surface area contributed by atoms with Gasteiger partial charge < -0.3 is 16.4 Å². The van der Waals surface area contributed by atoms with Gasteiger partial charge in [-0.3, -0.25) is 9.69 Å². The van der Waals surface area contributed by atoms with Crippen LogP contribution >= 0.6 is 0 Å². The van der Waals surface area contributed by atoms with Gasteiger partial charge in [0.15, 0.2) is 0 Å². The van der Waals surface area contributed by atoms with Crippen LogP contribution in [0.2, 0.25) is 0 Å². The molecule has 3 amide bonds. The smallest absolute Gasteiger partial charge is 0.319 e. The Hall–Kier alpha value is -2.86. The zero-order valence-corrected chi connectivity index (χ0v) is 15.1. The first-order valence-corrected chi connectivity index (χ1v) is 8.66. The van der Waals surface area contributed by atoms with Crippen molar-refractivity contribution in [1.82, 2.24) is 10.2 Å². The molecular formula is C20H24N4O2. The SMILES string of the molecule is Cc1cc(C(N)=O)ccc1NC(=O)NC[C@H]1Cc2ccccc2CN1C. The van der Waals surface area contributed by atoms with Gasteiger partial charge in [0.05, 0.1) is 0 Å². The first-order valence-electron chi connectivity index (χ1n) is 8.66. The maximum absolute atomic E-state index is 12.2. The van der Waals surface area contributed by atoms with E-state index in [1.807, 2.05) is 6.92 Å². The van der Waals surface area contributed by atoms with Crippen molar-refractivity contribution >= 4 is 17.6 Å². The largest absolute Gasteiger partial charge is 0.366 e. The second-order valence-corrected chi connectivity index (χ2v) is 6.77. The quantitative estimate of drug-likeness (QED) is 0.789. The summed E-state index contributed by atoms with van der Waals surface area (Å²) in [5.41, 5.74) is 9.84. The van der Waals surface area contributed by atoms with Crippen LogP contribution in [0.5, 0.6) is 0 Å². The average Bonchev–Trinajstić information content (AvgIpc) is 2.61. The third-order valence-electron chi connectivity index (χ3n) is 4.87. The Morgan fingerprint density at radius 3 is 2.62 bits per heavy atom. The molecule has 0 aliphatic carbocycles. The summed E-state index contributed by atoms with van der Waals surface area (Å²) in [6.45, 7) is 3.28. The van der Waals surface area contributed by atoms with E-state index in [1.165, 1.54) is 11.1 Å². The molecule has 0 fully saturated rings. The molecule has 0 spiro atoms. The van der Waals surface area contributed by atoms with E-state index < -0.39 is 5.91 Å². The number of benzene rings is 2. The minimum Gasteiger partial charge on any atom is -0.366 e. The molecule has 0 aromatic heterocycles. The van der Waals surface area contributed by atoms with Crippen molar-refractivity contribution in [2.24, 2.45) is 5.73 Å². The third kappa shape index (κ3) is 4.03. The third-order valence-corrected chi connectivity index (χ3v) is 4.87. The first kappa shape index (κ1) is 17.9. The van der Waals surface area contributed by atoms with Crippen LogP contribution in [-0.2, 0) is 13.0 Å². The lowest BCUT2D eigenvalue weighted by molar-refractivity contribution is 0.1000. The lowest BCUT2D eigenvalue weighted by Gasteiger charge is -2.34. The molecular weight excluding hydrogens is 328 g/mol. The lowest BCUT2D eigenvalue weighted by atomic mass is 9.94. The van der Waals surface area contributed by atoms with Gasteiger partial charge in [-0.15, -0.1) is 0 Å². The average molecular weight is 352 g/mol. The zero-order chi connectivity index (χ0) is 18.7. The lowest BCUT2D eigenvalue weighted by Crippen LogP contribution is -2.46. The van der Waals surface area contributed by atoms with Gasteiger partial charge in [-0.25, -0.2) is 4.79 Å². The molecule has 1 aliphatic rings. The van der Waals surface area contributed by atoms with E-state index in [4.69, 9.17) is 5.73 Å². The van der Waals surface area contributed by atoms with Crippen LogP contribution in [0.4, 0.5) is 10.5 Å². The monoisotopic (exact) mass is 352 g/mol. The molecule has 6 nitrogen and oxygen atoms in total. The highest BCUT2D eigenvalue weighted by Gasteiger charge is 2.23. The number of hydrogen-bond donors (Lipinski definition) is 3. The predicted octanol–water partition coefficient (Wildman–Crippen LogP) is 2.27. The minimum atomic E-state index is -0.482. The van der Waals surface area contributed by atoms with Crippen LogP contribution in [0.15, 0.2) is 42.5 Å². The summed E-state index contributed by atoms with van der Waals surface area (Å²) in [5.74, 6) is -0.482. The molecule has 1 atom stereocenters. The van der Waals surface area contributed by atoms with Crippen LogP contribution in [0.3, 0.4) is 0 Å². The van der Waals surface area contributed by atoms with E-state index in [9.17, 15) is 9.59 Å². The van der Waals surface area contributed by atoms with E-state index in [-0.39, 0.29) is 12.1 Å². The minimum absolute atomic E-state index is 0.257. The van der Waals surface area contributed by atoms with Gasteiger partial charge in [0.2, 0.25) is 5.91 Å². The van der Waals surface area contributed by atoms with Gasteiger partial charge in [0.25, 0.3) is 0 Å². The summed E-state index contributed by atoms with van der Waals surface area (Å²) in [6, 6.07) is 13.4. The molecule has 1 heterocycles. The molecule has 0 unspecified atom stereocenters. The summed E-state index contributed by atoms with van der Waals surface area (Å²) < 4.78 is 0. The van der Waals surface area contributed by atoms with Gasteiger partial charge in [-0.1, -0.05) is 24.3 Å². The second kappa shape index (κ2) is 7.58. The maximum atomic E-state index is 12.2. The standard InChI is InChI=1S/C20H24N4O2/c1-13-9-15(19(21)25)7-8-18(13)23-20(26)22-11-17-10-14-5-3-4-6-16(14)12-24(17)2/h3-9,17H,10-12H2,1-2H3,(H2,21,25)(H2,22,23,26)/t17-/m1/s1. The molecule has 136 valence electrons. The van der Waals surface area contributed by atoms with E-state index in [0.29, 0.717) is 17.8 Å². The number of likely N-dealkylation sites (N-methyl/N-ethyl adjacent to an activating group) is 1. The van der Waals surface area contributed by atoms with E-state index >= 15 is 0 Å². The van der Waals surface area contributed by atoms with Gasteiger partial charge in [-0.05, 0) is 55.3 Å². The number of anilines is 1. The van der Waals surface area contributed by atoms with Gasteiger partial charge in [0.1, 0.15) is 0 Å². The van der Waals surface area contributed by atoms with Crippen molar-refractivity contribution in [3.63, 3.8) is 0 Å². The molecule has 0 radical (unpaired) electrons. The molecule has 1 aliphatic heterocycles. The topological polar surface area (TPSA) is 87.5 Å². The molecule has 6 heteroatoms. The predicted molar refractivity (Wildman–Crippen MR) is 102 cm³/mol. The number of carbonyl (C=O) groups excluding carboxylic acids is 2. The fourth-order valence-electron chi connectivity index (χ4n) is 3.28. The van der Waals surface area contributed by atoms with Crippen LogP contribution in [-0.4, -0.2) is 36.5 Å². The maximum Gasteiger partial charge on any atom is 0.319 e. The Labute approximate surface area is 153 Å². The summed E-state index contributed by atoms with van der Waals surface area (Å²) in [5, 5.41) is 5.77. The fourth-order valence-corrected chi connectivity index (χ4v) is 3.28. The number of nitrogens with two attached hydrogens (primary N) is 1. The molecule has 4 N–H and O–H groups in total. The normalized spacial score (nSPS) is 16.6. The van der Waals surface area contributed by atoms with Gasteiger partial charge in [0, 0.05) is 30.4 Å². The number of amides is 3. The molecule has 2 aromatic carbocycles. The van der Waals surface area contributed by atoms with Crippen LogP contribution < -0.4 is 16.4 Å². The van der Waals surface area contributed by atoms with Crippen molar-refractivity contribution in [3.8, 4) is 0 Å². The van der Waals surface area contributed by atoms with Crippen molar-refractivity contribution in [3.05, 3.63) is 64.7 Å². The van der Waals surface area contributed by atoms with Crippen molar-refractivity contribution in [1.29, 1.82) is 0 Å². The van der Waals surface area contributed by atoms with Crippen LogP contribution in [0, 0.1) is 6.92 Å². The van der Waals surface area contributed by atoms with E-state index in [1.54, 1.807) is 18.2 Å². The van der Waals surface area contributed by atoms with Crippen molar-refractivity contribution in [2.45, 2.75) is 25.9 Å². The number of urea groups is 1. The Morgan fingerprint density at radius 2 is 1.92 bits per heavy atom. The highest BCUT2D eigenvalue weighted by atomic mass is 16.2. The first-order chi connectivity index (χ1) is 12.4. The molecule has 0 saturated heterocycles. The second-order valence-electron chi connectivity index (χ2n) is 6.77. The van der Waals surface area contributed by atoms with E-state index in [0.717, 1.165) is 18.5 Å². The van der Waals surface area contributed by atoms with Crippen molar-refractivity contribution in [2.75, 3.05) is 18.9 Å². The summed E-state index contributed by atoms with van der Waals surface area (Å²) >= 11 is 0. The highest BCUT2D eigenvalue weighted by Crippen LogP contribution is 2.21. The Bertz CT molecular complexity index is 834. The van der Waals surface area contributed by atoms with Crippen molar-refractivity contribution < 1.29 is 9.59 Å². The summed E-state index contributed by atoms with van der Waals surface area (Å²) in [4.78, 5) is 25.7. The van der Waals surface area contributed by atoms with Crippen LogP contribution in [0.25, 0.3) is 0 Å². The molecule has 0 saturated carbocycles. The Morgan fingerprint density at radius 1 is 1.19 bits per heavy atom. The number of carbonyl (C=O) groups is 2. The number of fused-ring (bicyclic) bond motifs is 1. The number of hydrogen-bond acceptors (Lipinski definition) is 3. The summed E-state index contributed by atoms with van der Waals surface area (Å²) in [6.07, 6.45) is 0.916. The van der Waals surface area contributed by atoms with Gasteiger partial charge >= 0.3 is 6.03 Å². The number of rotatable bonds is 4. The number of nitrogens with one attached hydrogen (secondary N) is 2. The van der Waals surface area contributed by atoms with Gasteiger partial charge in [-0.2, -0.15) is 0 Å². The molecule has 3 rings (SSSR count). The van der Waals surface area contributed by atoms with E-state index in [2.05, 4.69) is 46.8 Å². The fraction of sp³-hybridized carbons (Fsp3) is 0.300.